The van der Waals surface area contributed by atoms with E-state index in [2.05, 4.69) is 10.0 Å². The molecule has 0 aliphatic carbocycles. The second-order valence-electron chi connectivity index (χ2n) is 7.33. The molecule has 32 heavy (non-hydrogen) atoms. The molecule has 0 spiro atoms. The smallest absolute Gasteiger partial charge is 0.341 e. The van der Waals surface area contributed by atoms with Crippen molar-refractivity contribution < 1.29 is 32.3 Å². The van der Waals surface area contributed by atoms with E-state index in [0.29, 0.717) is 22.9 Å². The fourth-order valence-electron chi connectivity index (χ4n) is 2.82. The van der Waals surface area contributed by atoms with Crippen LogP contribution >= 0.6 is 11.3 Å². The largest absolute Gasteiger partial charge is 0.462 e. The van der Waals surface area contributed by atoms with E-state index in [9.17, 15) is 22.8 Å². The van der Waals surface area contributed by atoms with E-state index in [-0.39, 0.29) is 17.9 Å². The summed E-state index contributed by atoms with van der Waals surface area (Å²) in [5, 5.41) is 4.70. The van der Waals surface area contributed by atoms with E-state index in [4.69, 9.17) is 9.47 Å². The van der Waals surface area contributed by atoms with Crippen LogP contribution in [0, 0.1) is 5.92 Å². The Kier molecular flexibility index (Phi) is 8.79. The molecule has 2 aromatic rings. The van der Waals surface area contributed by atoms with Gasteiger partial charge in [0.1, 0.15) is 5.00 Å². The number of hydrogen-bond donors (Lipinski definition) is 2. The SMILES string of the molecule is CCOC(=O)c1c(CC(C)C)csc1NC(=O)COC(=O)c1ccccc1NS(C)(=O)=O. The summed E-state index contributed by atoms with van der Waals surface area (Å²) < 4.78 is 35.3. The minimum Gasteiger partial charge on any atom is -0.462 e. The number of sulfonamides is 1. The molecular weight excluding hydrogens is 456 g/mol. The minimum absolute atomic E-state index is 0.0340. The van der Waals surface area contributed by atoms with E-state index in [1.165, 1.54) is 29.5 Å². The van der Waals surface area contributed by atoms with Crippen LogP contribution in [0.4, 0.5) is 10.7 Å². The number of benzene rings is 1. The van der Waals surface area contributed by atoms with E-state index < -0.39 is 34.5 Å². The molecule has 0 saturated carbocycles. The molecule has 0 unspecified atom stereocenters. The number of carbonyl (C=O) groups excluding carboxylic acids is 3. The lowest BCUT2D eigenvalue weighted by atomic mass is 10.0. The summed E-state index contributed by atoms with van der Waals surface area (Å²) >= 11 is 1.19. The average molecular weight is 483 g/mol. The van der Waals surface area contributed by atoms with Crippen molar-refractivity contribution in [3.05, 3.63) is 46.3 Å². The van der Waals surface area contributed by atoms with Gasteiger partial charge in [-0.3, -0.25) is 9.52 Å². The van der Waals surface area contributed by atoms with Crippen molar-refractivity contribution in [1.82, 2.24) is 0 Å². The minimum atomic E-state index is -3.61. The summed E-state index contributed by atoms with van der Waals surface area (Å²) in [6.07, 6.45) is 1.60. The van der Waals surface area contributed by atoms with Gasteiger partial charge in [0.05, 0.1) is 29.7 Å². The quantitative estimate of drug-likeness (QED) is 0.497. The number of para-hydroxylation sites is 1. The standard InChI is InChI=1S/C21H26N2O7S2/c1-5-29-21(26)18-14(10-13(2)3)12-31-19(18)22-17(24)11-30-20(25)15-8-6-7-9-16(15)23-32(4,27)28/h6-9,12-13,23H,5,10-11H2,1-4H3,(H,22,24). The van der Waals surface area contributed by atoms with Crippen LogP contribution in [0.15, 0.2) is 29.6 Å². The molecule has 1 aromatic heterocycles. The van der Waals surface area contributed by atoms with Gasteiger partial charge in [0.15, 0.2) is 6.61 Å². The number of esters is 2. The zero-order chi connectivity index (χ0) is 23.9. The van der Waals surface area contributed by atoms with Gasteiger partial charge in [-0.05, 0) is 42.3 Å². The number of thiophene rings is 1. The molecule has 0 aliphatic rings. The molecule has 1 aromatic carbocycles. The molecule has 0 bridgehead atoms. The number of rotatable bonds is 10. The maximum Gasteiger partial charge on any atom is 0.341 e. The van der Waals surface area contributed by atoms with Crippen LogP contribution in [-0.4, -0.2) is 45.7 Å². The first-order valence-electron chi connectivity index (χ1n) is 9.83. The highest BCUT2D eigenvalue weighted by molar-refractivity contribution is 7.92. The summed E-state index contributed by atoms with van der Waals surface area (Å²) in [6, 6.07) is 5.88. The predicted octanol–water partition coefficient (Wildman–Crippen LogP) is 3.29. The molecule has 0 fully saturated rings. The Hall–Kier alpha value is -2.92. The first-order chi connectivity index (χ1) is 15.0. The Bertz CT molecular complexity index is 1090. The van der Waals surface area contributed by atoms with Gasteiger partial charge in [0.2, 0.25) is 10.0 Å². The molecule has 0 atom stereocenters. The number of anilines is 2. The van der Waals surface area contributed by atoms with Crippen LogP contribution < -0.4 is 10.0 Å². The monoisotopic (exact) mass is 482 g/mol. The van der Waals surface area contributed by atoms with Gasteiger partial charge >= 0.3 is 11.9 Å². The third-order valence-electron chi connectivity index (χ3n) is 4.00. The third-order valence-corrected chi connectivity index (χ3v) is 5.54. The van der Waals surface area contributed by atoms with Crippen LogP contribution in [0.5, 0.6) is 0 Å². The van der Waals surface area contributed by atoms with Crippen LogP contribution in [0.25, 0.3) is 0 Å². The number of carbonyl (C=O) groups is 3. The third kappa shape index (κ3) is 7.34. The number of ether oxygens (including phenoxy) is 2. The second kappa shape index (κ2) is 11.1. The van der Waals surface area contributed by atoms with Gasteiger partial charge in [-0.1, -0.05) is 26.0 Å². The van der Waals surface area contributed by atoms with Crippen molar-refractivity contribution in [2.75, 3.05) is 29.5 Å². The molecule has 2 rings (SSSR count). The summed E-state index contributed by atoms with van der Waals surface area (Å²) in [6.45, 7) is 5.30. The lowest BCUT2D eigenvalue weighted by molar-refractivity contribution is -0.119. The molecule has 0 saturated heterocycles. The molecule has 1 heterocycles. The molecule has 0 aliphatic heterocycles. The lowest BCUT2D eigenvalue weighted by Gasteiger charge is -2.11. The van der Waals surface area contributed by atoms with Gasteiger partial charge < -0.3 is 14.8 Å². The zero-order valence-corrected chi connectivity index (χ0v) is 19.9. The Morgan fingerprint density at radius 1 is 1.09 bits per heavy atom. The Morgan fingerprint density at radius 2 is 1.78 bits per heavy atom. The van der Waals surface area contributed by atoms with Crippen molar-refractivity contribution in [2.24, 2.45) is 5.92 Å². The molecular formula is C21H26N2O7S2. The molecule has 11 heteroatoms. The molecule has 2 N–H and O–H groups in total. The van der Waals surface area contributed by atoms with Crippen molar-refractivity contribution in [3.8, 4) is 0 Å². The fraction of sp³-hybridized carbons (Fsp3) is 0.381. The van der Waals surface area contributed by atoms with Gasteiger partial charge in [-0.2, -0.15) is 0 Å². The summed E-state index contributed by atoms with van der Waals surface area (Å²) in [5.74, 6) is -1.75. The van der Waals surface area contributed by atoms with Crippen LogP contribution in [0.1, 0.15) is 47.1 Å². The highest BCUT2D eigenvalue weighted by Crippen LogP contribution is 2.31. The molecule has 0 radical (unpaired) electrons. The van der Waals surface area contributed by atoms with Crippen molar-refractivity contribution in [2.45, 2.75) is 27.2 Å². The fourth-order valence-corrected chi connectivity index (χ4v) is 4.38. The first-order valence-corrected chi connectivity index (χ1v) is 12.6. The maximum absolute atomic E-state index is 12.4. The topological polar surface area (TPSA) is 128 Å². The highest BCUT2D eigenvalue weighted by atomic mass is 32.2. The van der Waals surface area contributed by atoms with Crippen molar-refractivity contribution >= 4 is 49.9 Å². The van der Waals surface area contributed by atoms with Gasteiger partial charge in [-0.25, -0.2) is 18.0 Å². The highest BCUT2D eigenvalue weighted by Gasteiger charge is 2.23. The Balaban J connectivity index is 2.10. The Labute approximate surface area is 191 Å². The number of nitrogens with one attached hydrogen (secondary N) is 2. The normalized spacial score (nSPS) is 11.2. The van der Waals surface area contributed by atoms with E-state index >= 15 is 0 Å². The lowest BCUT2D eigenvalue weighted by Crippen LogP contribution is -2.22. The maximum atomic E-state index is 12.4. The zero-order valence-electron chi connectivity index (χ0n) is 18.3. The number of hydrogen-bond acceptors (Lipinski definition) is 8. The molecule has 174 valence electrons. The van der Waals surface area contributed by atoms with Crippen LogP contribution in [0.3, 0.4) is 0 Å². The van der Waals surface area contributed by atoms with Gasteiger partial charge in [-0.15, -0.1) is 11.3 Å². The van der Waals surface area contributed by atoms with Gasteiger partial charge in [0.25, 0.3) is 5.91 Å². The first kappa shape index (κ1) is 25.3. The summed E-state index contributed by atoms with van der Waals surface area (Å²) in [4.78, 5) is 37.2. The number of amides is 1. The second-order valence-corrected chi connectivity index (χ2v) is 9.96. The summed E-state index contributed by atoms with van der Waals surface area (Å²) in [5.41, 5.74) is 1.08. The van der Waals surface area contributed by atoms with Crippen LogP contribution in [0.2, 0.25) is 0 Å². The Morgan fingerprint density at radius 3 is 2.41 bits per heavy atom. The van der Waals surface area contributed by atoms with Gasteiger partial charge in [0, 0.05) is 0 Å². The summed E-state index contributed by atoms with van der Waals surface area (Å²) in [7, 11) is -3.61. The van der Waals surface area contributed by atoms with Crippen LogP contribution in [-0.2, 0) is 30.7 Å². The van der Waals surface area contributed by atoms with E-state index in [0.717, 1.165) is 11.8 Å². The predicted molar refractivity (Wildman–Crippen MR) is 123 cm³/mol. The average Bonchev–Trinajstić information content (AvgIpc) is 3.06. The molecule has 9 nitrogen and oxygen atoms in total. The molecule has 1 amide bonds. The van der Waals surface area contributed by atoms with Crippen molar-refractivity contribution in [1.29, 1.82) is 0 Å². The van der Waals surface area contributed by atoms with Crippen molar-refractivity contribution in [3.63, 3.8) is 0 Å². The van der Waals surface area contributed by atoms with E-state index in [1.54, 1.807) is 18.4 Å². The van der Waals surface area contributed by atoms with E-state index in [1.807, 2.05) is 13.8 Å².